The molecule has 0 radical (unpaired) electrons. The lowest BCUT2D eigenvalue weighted by molar-refractivity contribution is -0.384. The number of nitrogens with one attached hydrogen (secondary N) is 1. The van der Waals surface area contributed by atoms with Gasteiger partial charge >= 0.3 is 0 Å². The van der Waals surface area contributed by atoms with Gasteiger partial charge in [-0.05, 0) is 24.6 Å². The van der Waals surface area contributed by atoms with Crippen LogP contribution < -0.4 is 5.32 Å². The van der Waals surface area contributed by atoms with Gasteiger partial charge in [0.25, 0.3) is 5.69 Å². The van der Waals surface area contributed by atoms with Crippen molar-refractivity contribution < 1.29 is 10.0 Å². The molecule has 110 valence electrons. The van der Waals surface area contributed by atoms with E-state index in [2.05, 4.69) is 21.2 Å². The smallest absolute Gasteiger partial charge is 0.293 e. The van der Waals surface area contributed by atoms with Crippen LogP contribution in [0.3, 0.4) is 0 Å². The third kappa shape index (κ3) is 3.40. The second-order valence-electron chi connectivity index (χ2n) is 4.90. The van der Waals surface area contributed by atoms with E-state index < -0.39 is 10.5 Å². The third-order valence-electron chi connectivity index (χ3n) is 3.29. The summed E-state index contributed by atoms with van der Waals surface area (Å²) in [4.78, 5) is 10.7. The largest absolute Gasteiger partial charge is 0.394 e. The first-order valence-corrected chi connectivity index (χ1v) is 7.14. The van der Waals surface area contributed by atoms with Crippen molar-refractivity contribution in [2.24, 2.45) is 0 Å². The average molecular weight is 351 g/mol. The summed E-state index contributed by atoms with van der Waals surface area (Å²) in [5.74, 6) is 0. The first kappa shape index (κ1) is 15.5. The van der Waals surface area contributed by atoms with Crippen LogP contribution >= 0.6 is 15.9 Å². The summed E-state index contributed by atoms with van der Waals surface area (Å²) in [7, 11) is 0. The molecular weight excluding hydrogens is 336 g/mol. The molecule has 0 aliphatic heterocycles. The highest BCUT2D eigenvalue weighted by atomic mass is 79.9. The van der Waals surface area contributed by atoms with Crippen molar-refractivity contribution in [1.29, 1.82) is 0 Å². The maximum absolute atomic E-state index is 11.2. The average Bonchev–Trinajstić information content (AvgIpc) is 2.49. The maximum Gasteiger partial charge on any atom is 0.293 e. The zero-order chi connectivity index (χ0) is 15.5. The van der Waals surface area contributed by atoms with E-state index in [9.17, 15) is 15.2 Å². The summed E-state index contributed by atoms with van der Waals surface area (Å²) in [5, 5.41) is 24.0. The Labute approximate surface area is 130 Å². The second kappa shape index (κ2) is 6.24. The van der Waals surface area contributed by atoms with Gasteiger partial charge in [0, 0.05) is 10.5 Å². The molecule has 2 aromatic carbocycles. The van der Waals surface area contributed by atoms with Crippen LogP contribution in [0.4, 0.5) is 11.4 Å². The number of hydrogen-bond acceptors (Lipinski definition) is 4. The lowest BCUT2D eigenvalue weighted by atomic mass is 9.92. The topological polar surface area (TPSA) is 75.4 Å². The summed E-state index contributed by atoms with van der Waals surface area (Å²) in [5.41, 5.74) is 0.369. The molecule has 0 aromatic heterocycles. The molecule has 0 bridgehead atoms. The van der Waals surface area contributed by atoms with Crippen molar-refractivity contribution in [3.8, 4) is 0 Å². The summed E-state index contributed by atoms with van der Waals surface area (Å²) in [6, 6.07) is 14.1. The molecule has 0 aliphatic carbocycles. The first-order chi connectivity index (χ1) is 9.96. The number of benzene rings is 2. The van der Waals surface area contributed by atoms with Crippen LogP contribution in [0.5, 0.6) is 0 Å². The number of aliphatic hydroxyl groups excluding tert-OH is 1. The Morgan fingerprint density at radius 1 is 1.29 bits per heavy atom. The van der Waals surface area contributed by atoms with E-state index >= 15 is 0 Å². The minimum absolute atomic E-state index is 0.0417. The number of nitro groups is 1. The minimum atomic E-state index is -0.806. The van der Waals surface area contributed by atoms with Gasteiger partial charge in [0.15, 0.2) is 0 Å². The molecular formula is C15H15BrN2O3. The number of hydrogen-bond donors (Lipinski definition) is 2. The number of anilines is 1. The molecule has 1 atom stereocenters. The Morgan fingerprint density at radius 3 is 2.52 bits per heavy atom. The van der Waals surface area contributed by atoms with Crippen LogP contribution in [-0.4, -0.2) is 16.6 Å². The Morgan fingerprint density at radius 2 is 1.95 bits per heavy atom. The highest BCUT2D eigenvalue weighted by Crippen LogP contribution is 2.33. The quantitative estimate of drug-likeness (QED) is 0.637. The van der Waals surface area contributed by atoms with Crippen molar-refractivity contribution in [2.75, 3.05) is 11.9 Å². The van der Waals surface area contributed by atoms with Crippen LogP contribution in [0.2, 0.25) is 0 Å². The molecule has 0 aliphatic rings. The fourth-order valence-corrected chi connectivity index (χ4v) is 2.42. The van der Waals surface area contributed by atoms with Crippen LogP contribution in [0.15, 0.2) is 53.0 Å². The zero-order valence-electron chi connectivity index (χ0n) is 11.4. The van der Waals surface area contributed by atoms with Crippen LogP contribution in [0, 0.1) is 10.1 Å². The van der Waals surface area contributed by atoms with Gasteiger partial charge in [-0.1, -0.05) is 46.3 Å². The number of aliphatic hydroxyl groups is 1. The van der Waals surface area contributed by atoms with Gasteiger partial charge in [0.05, 0.1) is 17.1 Å². The van der Waals surface area contributed by atoms with E-state index in [-0.39, 0.29) is 12.3 Å². The molecule has 0 saturated heterocycles. The summed E-state index contributed by atoms with van der Waals surface area (Å²) < 4.78 is 0.630. The highest BCUT2D eigenvalue weighted by molar-refractivity contribution is 9.10. The van der Waals surface area contributed by atoms with Crippen molar-refractivity contribution in [1.82, 2.24) is 0 Å². The highest BCUT2D eigenvalue weighted by Gasteiger charge is 2.28. The third-order valence-corrected chi connectivity index (χ3v) is 3.79. The van der Waals surface area contributed by atoms with E-state index in [1.807, 2.05) is 30.3 Å². The Kier molecular flexibility index (Phi) is 4.59. The van der Waals surface area contributed by atoms with Gasteiger partial charge < -0.3 is 10.4 Å². The molecule has 0 fully saturated rings. The molecule has 1 unspecified atom stereocenters. The van der Waals surface area contributed by atoms with E-state index in [0.29, 0.717) is 10.2 Å². The molecule has 5 nitrogen and oxygen atoms in total. The first-order valence-electron chi connectivity index (χ1n) is 6.35. The Bertz CT molecular complexity index is 649. The predicted octanol–water partition coefficient (Wildman–Crippen LogP) is 3.68. The van der Waals surface area contributed by atoms with Crippen LogP contribution in [0.1, 0.15) is 12.5 Å². The predicted molar refractivity (Wildman–Crippen MR) is 85.3 cm³/mol. The molecule has 0 heterocycles. The van der Waals surface area contributed by atoms with E-state index in [0.717, 1.165) is 5.56 Å². The zero-order valence-corrected chi connectivity index (χ0v) is 13.0. The van der Waals surface area contributed by atoms with Gasteiger partial charge in [-0.25, -0.2) is 0 Å². The van der Waals surface area contributed by atoms with E-state index in [1.54, 1.807) is 19.1 Å². The Balaban J connectivity index is 2.42. The monoisotopic (exact) mass is 350 g/mol. The maximum atomic E-state index is 11.2. The Hall–Kier alpha value is -1.92. The van der Waals surface area contributed by atoms with Crippen molar-refractivity contribution >= 4 is 27.3 Å². The molecule has 2 N–H and O–H groups in total. The van der Waals surface area contributed by atoms with Crippen molar-refractivity contribution in [3.63, 3.8) is 0 Å². The van der Waals surface area contributed by atoms with Crippen molar-refractivity contribution in [2.45, 2.75) is 12.5 Å². The van der Waals surface area contributed by atoms with Crippen LogP contribution in [0.25, 0.3) is 0 Å². The lowest BCUT2D eigenvalue weighted by Gasteiger charge is -2.30. The van der Waals surface area contributed by atoms with Gasteiger partial charge in [-0.3, -0.25) is 10.1 Å². The minimum Gasteiger partial charge on any atom is -0.394 e. The number of nitrogens with zero attached hydrogens (tertiary/aromatic N) is 1. The molecule has 2 rings (SSSR count). The molecule has 2 aromatic rings. The SMILES string of the molecule is CC(CO)(Nc1ccc(Br)cc1[N+](=O)[O-])c1ccccc1. The van der Waals surface area contributed by atoms with Crippen LogP contribution in [-0.2, 0) is 5.54 Å². The van der Waals surface area contributed by atoms with Gasteiger partial charge in [-0.2, -0.15) is 0 Å². The normalized spacial score (nSPS) is 13.5. The second-order valence-corrected chi connectivity index (χ2v) is 5.82. The molecule has 0 amide bonds. The van der Waals surface area contributed by atoms with Gasteiger partial charge in [0.2, 0.25) is 0 Å². The summed E-state index contributed by atoms with van der Waals surface area (Å²) >= 11 is 3.22. The van der Waals surface area contributed by atoms with Crippen molar-refractivity contribution in [3.05, 3.63) is 68.7 Å². The molecule has 0 spiro atoms. The van der Waals surface area contributed by atoms with Gasteiger partial charge in [-0.15, -0.1) is 0 Å². The fourth-order valence-electron chi connectivity index (χ4n) is 2.07. The standard InChI is InChI=1S/C15H15BrN2O3/c1-15(10-19,11-5-3-2-4-6-11)17-13-8-7-12(16)9-14(13)18(20)21/h2-9,17,19H,10H2,1H3. The molecule has 6 heteroatoms. The van der Waals surface area contributed by atoms with Gasteiger partial charge in [0.1, 0.15) is 5.69 Å². The number of nitro benzene ring substituents is 1. The molecule has 21 heavy (non-hydrogen) atoms. The molecule has 0 saturated carbocycles. The number of halogens is 1. The lowest BCUT2D eigenvalue weighted by Crippen LogP contribution is -2.36. The fraction of sp³-hybridized carbons (Fsp3) is 0.200. The summed E-state index contributed by atoms with van der Waals surface area (Å²) in [6.07, 6.45) is 0. The summed E-state index contributed by atoms with van der Waals surface area (Å²) in [6.45, 7) is 1.61. The van der Waals surface area contributed by atoms with E-state index in [1.165, 1.54) is 6.07 Å². The number of rotatable bonds is 5. The van der Waals surface area contributed by atoms with E-state index in [4.69, 9.17) is 0 Å².